The van der Waals surface area contributed by atoms with Gasteiger partial charge in [-0.15, -0.1) is 0 Å². The van der Waals surface area contributed by atoms with Gasteiger partial charge in [0.15, 0.2) is 0 Å². The molecule has 0 atom stereocenters. The molecule has 0 radical (unpaired) electrons. The van der Waals surface area contributed by atoms with E-state index in [0.717, 1.165) is 13.1 Å². The molecular weight excluding hydrogens is 89.1 g/mol. The second-order valence-electron chi connectivity index (χ2n) is 1.85. The molecule has 0 saturated carbocycles. The van der Waals surface area contributed by atoms with Crippen molar-refractivity contribution in [2.75, 3.05) is 26.2 Å². The van der Waals surface area contributed by atoms with Crippen LogP contribution in [0.25, 0.3) is 0 Å². The van der Waals surface area contributed by atoms with Crippen LogP contribution in [0.3, 0.4) is 0 Å². The molecule has 0 aromatic carbocycles. The molecule has 2 N–H and O–H groups in total. The van der Waals surface area contributed by atoms with Crippen LogP contribution in [0.15, 0.2) is 0 Å². The van der Waals surface area contributed by atoms with Crippen molar-refractivity contribution in [1.29, 1.82) is 0 Å². The van der Waals surface area contributed by atoms with Gasteiger partial charge in [-0.1, -0.05) is 0 Å². The summed E-state index contributed by atoms with van der Waals surface area (Å²) in [6, 6.07) is 0. The van der Waals surface area contributed by atoms with Crippen LogP contribution in [-0.2, 0) is 0 Å². The molecule has 1 aliphatic heterocycles. The molecule has 42 valence electrons. The van der Waals surface area contributed by atoms with Crippen LogP contribution in [-0.4, -0.2) is 26.2 Å². The lowest BCUT2D eigenvalue weighted by Gasteiger charge is -1.92. The van der Waals surface area contributed by atoms with Gasteiger partial charge in [-0.05, 0) is 19.5 Å². The summed E-state index contributed by atoms with van der Waals surface area (Å²) in [4.78, 5) is 0. The van der Waals surface area contributed by atoms with Crippen LogP contribution in [0.5, 0.6) is 0 Å². The highest BCUT2D eigenvalue weighted by Gasteiger charge is 1.92. The zero-order valence-electron chi connectivity index (χ0n) is 4.54. The van der Waals surface area contributed by atoms with Crippen molar-refractivity contribution in [3.8, 4) is 0 Å². The third-order valence-corrected chi connectivity index (χ3v) is 1.19. The average molecular weight is 101 g/mol. The lowest BCUT2D eigenvalue weighted by Crippen LogP contribution is -2.21. The minimum absolute atomic E-state index is 1.14. The molecule has 0 bridgehead atoms. The fraction of sp³-hybridized carbons (Fsp3) is 1.00. The van der Waals surface area contributed by atoms with Crippen LogP contribution < -0.4 is 10.6 Å². The molecule has 1 saturated heterocycles. The Balaban J connectivity index is 2.04. The molecule has 0 unspecified atom stereocenters. The predicted molar refractivity (Wildman–Crippen MR) is 30.4 cm³/mol. The lowest BCUT2D eigenvalue weighted by atomic mass is 10.4. The van der Waals surface area contributed by atoms with E-state index in [9.17, 15) is 0 Å². The van der Waals surface area contributed by atoms with Crippen molar-refractivity contribution in [2.24, 2.45) is 0 Å². The fourth-order valence-electron chi connectivity index (χ4n) is 0.765. The molecule has 1 rings (SSSR count). The molecule has 0 spiro atoms. The quantitative estimate of drug-likeness (QED) is 0.404. The third kappa shape index (κ3) is 1.90. The Morgan fingerprint density at radius 2 is 1.29 bits per heavy atom. The minimum atomic E-state index is 1.14. The normalized spacial score (nSPS) is 24.0. The predicted octanol–water partition coefficient (Wildman–Crippen LogP) is -0.431. The van der Waals surface area contributed by atoms with Crippen molar-refractivity contribution in [1.82, 2.24) is 10.6 Å². The van der Waals surface area contributed by atoms with E-state index in [-0.39, 0.29) is 0 Å². The molecule has 0 amide bonds. The van der Waals surface area contributed by atoms with Crippen molar-refractivity contribution in [3.63, 3.8) is 0 Å². The van der Waals surface area contributed by atoms with Gasteiger partial charge in [0, 0.05) is 13.1 Å². The highest BCUT2D eigenvalue weighted by atomic mass is 15.1. The Morgan fingerprint density at radius 3 is 1.86 bits per heavy atom. The Labute approximate surface area is 44.3 Å². The second kappa shape index (κ2) is 2.99. The average Bonchev–Trinajstić information content (AvgIpc) is 1.90. The molecule has 1 heterocycles. The maximum Gasteiger partial charge on any atom is 0.00767 e. The summed E-state index contributed by atoms with van der Waals surface area (Å²) in [5.41, 5.74) is 0. The van der Waals surface area contributed by atoms with E-state index in [0.29, 0.717) is 0 Å². The standard InChI is InChI=1S/C5H12N2/c1-2-6-4-5-7-3-1/h6-7H,1-5H2/i4+1. The number of hydrogen-bond acceptors (Lipinski definition) is 2. The number of rotatable bonds is 0. The van der Waals surface area contributed by atoms with E-state index in [1.807, 2.05) is 0 Å². The first-order valence-electron chi connectivity index (χ1n) is 2.91. The first kappa shape index (κ1) is 5.06. The van der Waals surface area contributed by atoms with Gasteiger partial charge in [0.05, 0.1) is 0 Å². The summed E-state index contributed by atoms with van der Waals surface area (Å²) in [6.45, 7) is 4.65. The van der Waals surface area contributed by atoms with Crippen molar-refractivity contribution >= 4 is 0 Å². The van der Waals surface area contributed by atoms with Crippen molar-refractivity contribution in [3.05, 3.63) is 0 Å². The van der Waals surface area contributed by atoms with Crippen LogP contribution in [0.4, 0.5) is 0 Å². The van der Waals surface area contributed by atoms with E-state index < -0.39 is 0 Å². The summed E-state index contributed by atoms with van der Waals surface area (Å²) < 4.78 is 0. The molecule has 1 fully saturated rings. The molecule has 0 aliphatic carbocycles. The van der Waals surface area contributed by atoms with E-state index in [2.05, 4.69) is 10.6 Å². The number of nitrogens with one attached hydrogen (secondary N) is 2. The van der Waals surface area contributed by atoms with Gasteiger partial charge in [-0.3, -0.25) is 0 Å². The Morgan fingerprint density at radius 1 is 0.714 bits per heavy atom. The van der Waals surface area contributed by atoms with Crippen molar-refractivity contribution < 1.29 is 0 Å². The smallest absolute Gasteiger partial charge is 0.00767 e. The third-order valence-electron chi connectivity index (χ3n) is 1.19. The van der Waals surface area contributed by atoms with Gasteiger partial charge in [-0.25, -0.2) is 0 Å². The number of hydrogen-bond donors (Lipinski definition) is 2. The topological polar surface area (TPSA) is 24.1 Å². The Bertz CT molecular complexity index is 25.7. The van der Waals surface area contributed by atoms with Gasteiger partial charge in [0.25, 0.3) is 0 Å². The largest absolute Gasteiger partial charge is 0.315 e. The van der Waals surface area contributed by atoms with E-state index in [4.69, 9.17) is 0 Å². The van der Waals surface area contributed by atoms with Gasteiger partial charge < -0.3 is 10.6 Å². The summed E-state index contributed by atoms with van der Waals surface area (Å²) in [5.74, 6) is 0. The molecule has 0 aromatic rings. The van der Waals surface area contributed by atoms with Gasteiger partial charge in [0.2, 0.25) is 0 Å². The maximum absolute atomic E-state index is 3.28. The monoisotopic (exact) mass is 101 g/mol. The highest BCUT2D eigenvalue weighted by molar-refractivity contribution is 4.57. The van der Waals surface area contributed by atoms with Gasteiger partial charge in [0.1, 0.15) is 0 Å². The summed E-state index contributed by atoms with van der Waals surface area (Å²) >= 11 is 0. The van der Waals surface area contributed by atoms with Crippen molar-refractivity contribution in [2.45, 2.75) is 6.42 Å². The van der Waals surface area contributed by atoms with E-state index in [1.54, 1.807) is 0 Å². The molecule has 2 heteroatoms. The molecular formula is C5H12N2. The van der Waals surface area contributed by atoms with E-state index >= 15 is 0 Å². The van der Waals surface area contributed by atoms with Crippen LogP contribution >= 0.6 is 0 Å². The minimum Gasteiger partial charge on any atom is -0.315 e. The van der Waals surface area contributed by atoms with Gasteiger partial charge in [-0.2, -0.15) is 0 Å². The SMILES string of the molecule is C1CNC[13CH2]NC1. The first-order valence-corrected chi connectivity index (χ1v) is 2.91. The Kier molecular flexibility index (Phi) is 2.17. The molecule has 7 heavy (non-hydrogen) atoms. The zero-order chi connectivity index (χ0) is 4.95. The molecule has 2 nitrogen and oxygen atoms in total. The Hall–Kier alpha value is -0.0800. The summed E-state index contributed by atoms with van der Waals surface area (Å²) in [5, 5.41) is 6.57. The zero-order valence-corrected chi connectivity index (χ0v) is 4.54. The maximum atomic E-state index is 3.28. The van der Waals surface area contributed by atoms with Gasteiger partial charge >= 0.3 is 0 Å². The summed E-state index contributed by atoms with van der Waals surface area (Å²) in [6.07, 6.45) is 1.28. The summed E-state index contributed by atoms with van der Waals surface area (Å²) in [7, 11) is 0. The fourth-order valence-corrected chi connectivity index (χ4v) is 0.765. The second-order valence-corrected chi connectivity index (χ2v) is 1.85. The molecule has 1 aliphatic rings. The highest BCUT2D eigenvalue weighted by Crippen LogP contribution is 1.75. The lowest BCUT2D eigenvalue weighted by molar-refractivity contribution is 0.718. The van der Waals surface area contributed by atoms with Crippen LogP contribution in [0.2, 0.25) is 0 Å². The molecule has 0 aromatic heterocycles. The van der Waals surface area contributed by atoms with Crippen LogP contribution in [0, 0.1) is 0 Å². The first-order chi connectivity index (χ1) is 3.50. The van der Waals surface area contributed by atoms with Crippen LogP contribution in [0.1, 0.15) is 6.42 Å². The van der Waals surface area contributed by atoms with E-state index in [1.165, 1.54) is 19.5 Å².